The lowest BCUT2D eigenvalue weighted by atomic mass is 10.1. The predicted molar refractivity (Wildman–Crippen MR) is 146 cm³/mol. The Bertz CT molecular complexity index is 1500. The molecular formula is C29H26N6O3. The van der Waals surface area contributed by atoms with E-state index in [-0.39, 0.29) is 0 Å². The number of rotatable bonds is 7. The fourth-order valence-electron chi connectivity index (χ4n) is 4.16. The van der Waals surface area contributed by atoms with Crippen molar-refractivity contribution in [1.82, 2.24) is 14.9 Å². The summed E-state index contributed by atoms with van der Waals surface area (Å²) in [7, 11) is 0. The summed E-state index contributed by atoms with van der Waals surface area (Å²) in [5, 5.41) is 9.24. The van der Waals surface area contributed by atoms with Gasteiger partial charge in [-0.15, -0.1) is 0 Å². The van der Waals surface area contributed by atoms with Gasteiger partial charge in [-0.1, -0.05) is 29.8 Å². The zero-order valence-corrected chi connectivity index (χ0v) is 21.1. The Morgan fingerprint density at radius 1 is 0.763 bits per heavy atom. The van der Waals surface area contributed by atoms with Gasteiger partial charge in [-0.05, 0) is 69.3 Å². The lowest BCUT2D eigenvalue weighted by Crippen LogP contribution is -2.45. The number of aryl methyl sites for hydroxylation is 2. The summed E-state index contributed by atoms with van der Waals surface area (Å²) in [5.74, 6) is -0.308. The summed E-state index contributed by atoms with van der Waals surface area (Å²) in [4.78, 5) is 48.2. The van der Waals surface area contributed by atoms with Crippen LogP contribution in [0.1, 0.15) is 38.9 Å². The molecular weight excluding hydrogens is 480 g/mol. The first kappa shape index (κ1) is 24.6. The van der Waals surface area contributed by atoms with Crippen LogP contribution in [-0.2, 0) is 4.79 Å². The Kier molecular flexibility index (Phi) is 6.57. The molecule has 0 saturated heterocycles. The molecule has 4 aromatic rings. The van der Waals surface area contributed by atoms with E-state index in [1.807, 2.05) is 44.2 Å². The van der Waals surface area contributed by atoms with Crippen LogP contribution >= 0.6 is 0 Å². The van der Waals surface area contributed by atoms with Gasteiger partial charge in [-0.25, -0.2) is 4.98 Å². The van der Waals surface area contributed by atoms with Crippen LogP contribution in [0.25, 0.3) is 0 Å². The summed E-state index contributed by atoms with van der Waals surface area (Å²) in [5.41, 5.74) is 4.77. The second-order valence-corrected chi connectivity index (χ2v) is 9.10. The van der Waals surface area contributed by atoms with E-state index >= 15 is 0 Å². The Labute approximate surface area is 219 Å². The summed E-state index contributed by atoms with van der Waals surface area (Å²) in [6.07, 6.45) is 0. The van der Waals surface area contributed by atoms with Crippen molar-refractivity contribution < 1.29 is 14.4 Å². The van der Waals surface area contributed by atoms with Crippen LogP contribution in [0, 0.1) is 13.8 Å². The largest absolute Gasteiger partial charge is 0.340 e. The predicted octanol–water partition coefficient (Wildman–Crippen LogP) is 5.20. The van der Waals surface area contributed by atoms with Gasteiger partial charge in [0.15, 0.2) is 0 Å². The first-order valence-corrected chi connectivity index (χ1v) is 12.1. The highest BCUT2D eigenvalue weighted by Crippen LogP contribution is 2.26. The fourth-order valence-corrected chi connectivity index (χ4v) is 4.16. The molecule has 3 N–H and O–H groups in total. The maximum Gasteiger partial charge on any atom is 0.262 e. The molecule has 0 aliphatic carbocycles. The summed E-state index contributed by atoms with van der Waals surface area (Å²) < 4.78 is 0. The van der Waals surface area contributed by atoms with E-state index in [0.29, 0.717) is 28.6 Å². The molecule has 1 aliphatic heterocycles. The van der Waals surface area contributed by atoms with E-state index in [0.717, 1.165) is 22.0 Å². The Morgan fingerprint density at radius 3 is 1.95 bits per heavy atom. The standard InChI is InChI=1S/C29H26N6O3/c1-17-8-10-22(11-9-17)33-29-30-18(2)16-25(34-29)31-20-12-14-21(15-13-20)32-26(36)19(3)35-27(37)23-6-4-5-7-24(23)28(35)38/h4-16,19H,1-3H3,(H,32,36)(H2,30,31,33,34). The van der Waals surface area contributed by atoms with Crippen molar-refractivity contribution in [3.8, 4) is 0 Å². The van der Waals surface area contributed by atoms with Crippen LogP contribution in [-0.4, -0.2) is 38.6 Å². The highest BCUT2D eigenvalue weighted by molar-refractivity contribution is 6.23. The average Bonchev–Trinajstić information content (AvgIpc) is 3.15. The molecule has 9 nitrogen and oxygen atoms in total. The van der Waals surface area contributed by atoms with Crippen LogP contribution in [0.15, 0.2) is 78.9 Å². The number of nitrogens with one attached hydrogen (secondary N) is 3. The van der Waals surface area contributed by atoms with Crippen molar-refractivity contribution in [3.05, 3.63) is 101 Å². The smallest absolute Gasteiger partial charge is 0.262 e. The molecule has 0 spiro atoms. The molecule has 0 fully saturated rings. The van der Waals surface area contributed by atoms with Crippen LogP contribution in [0.2, 0.25) is 0 Å². The molecule has 190 valence electrons. The maximum absolute atomic E-state index is 12.9. The molecule has 0 saturated carbocycles. The number of carbonyl (C=O) groups excluding carboxylic acids is 3. The van der Waals surface area contributed by atoms with Crippen molar-refractivity contribution in [2.75, 3.05) is 16.0 Å². The summed E-state index contributed by atoms with van der Waals surface area (Å²) >= 11 is 0. The van der Waals surface area contributed by atoms with Crippen LogP contribution in [0.4, 0.5) is 28.8 Å². The van der Waals surface area contributed by atoms with Crippen molar-refractivity contribution in [3.63, 3.8) is 0 Å². The minimum atomic E-state index is -0.969. The normalized spacial score (nSPS) is 13.2. The zero-order chi connectivity index (χ0) is 26.8. The van der Waals surface area contributed by atoms with Gasteiger partial charge in [-0.3, -0.25) is 19.3 Å². The maximum atomic E-state index is 12.9. The first-order valence-electron chi connectivity index (χ1n) is 12.1. The van der Waals surface area contributed by atoms with E-state index in [4.69, 9.17) is 0 Å². The number of hydrogen-bond acceptors (Lipinski definition) is 7. The van der Waals surface area contributed by atoms with Gasteiger partial charge in [0, 0.05) is 28.8 Å². The van der Waals surface area contributed by atoms with E-state index < -0.39 is 23.8 Å². The second kappa shape index (κ2) is 10.1. The molecule has 38 heavy (non-hydrogen) atoms. The second-order valence-electron chi connectivity index (χ2n) is 9.10. The van der Waals surface area contributed by atoms with Gasteiger partial charge in [-0.2, -0.15) is 4.98 Å². The Morgan fingerprint density at radius 2 is 1.32 bits per heavy atom. The third-order valence-electron chi connectivity index (χ3n) is 6.18. The molecule has 1 aliphatic rings. The monoisotopic (exact) mass is 506 g/mol. The van der Waals surface area contributed by atoms with E-state index in [1.165, 1.54) is 12.5 Å². The molecule has 1 unspecified atom stereocenters. The zero-order valence-electron chi connectivity index (χ0n) is 21.1. The van der Waals surface area contributed by atoms with Gasteiger partial charge in [0.2, 0.25) is 11.9 Å². The van der Waals surface area contributed by atoms with Gasteiger partial charge in [0.1, 0.15) is 11.9 Å². The minimum Gasteiger partial charge on any atom is -0.340 e. The van der Waals surface area contributed by atoms with E-state index in [2.05, 4.69) is 25.9 Å². The lowest BCUT2D eigenvalue weighted by Gasteiger charge is -2.21. The first-order chi connectivity index (χ1) is 18.3. The Hall–Kier alpha value is -5.05. The average molecular weight is 507 g/mol. The quantitative estimate of drug-likeness (QED) is 0.295. The molecule has 9 heteroatoms. The number of anilines is 5. The number of benzene rings is 3. The van der Waals surface area contributed by atoms with Gasteiger partial charge in [0.25, 0.3) is 11.8 Å². The van der Waals surface area contributed by atoms with Crippen LogP contribution in [0.3, 0.4) is 0 Å². The Balaban J connectivity index is 1.23. The SMILES string of the molecule is Cc1ccc(Nc2nc(C)cc(Nc3ccc(NC(=O)C(C)N4C(=O)c5ccccc5C4=O)cc3)n2)cc1. The molecule has 1 atom stereocenters. The molecule has 3 aromatic carbocycles. The van der Waals surface area contributed by atoms with Crippen LogP contribution < -0.4 is 16.0 Å². The third-order valence-corrected chi connectivity index (χ3v) is 6.18. The molecule has 2 heterocycles. The highest BCUT2D eigenvalue weighted by atomic mass is 16.2. The topological polar surface area (TPSA) is 116 Å². The number of hydrogen-bond donors (Lipinski definition) is 3. The fraction of sp³-hybridized carbons (Fsp3) is 0.138. The van der Waals surface area contributed by atoms with Crippen molar-refractivity contribution in [2.45, 2.75) is 26.8 Å². The highest BCUT2D eigenvalue weighted by Gasteiger charge is 2.40. The van der Waals surface area contributed by atoms with Gasteiger partial charge in [0.05, 0.1) is 11.1 Å². The number of fused-ring (bicyclic) bond motifs is 1. The number of carbonyl (C=O) groups is 3. The van der Waals surface area contributed by atoms with Crippen molar-refractivity contribution >= 4 is 46.5 Å². The van der Waals surface area contributed by atoms with Gasteiger partial charge < -0.3 is 16.0 Å². The minimum absolute atomic E-state index is 0.310. The number of nitrogens with zero attached hydrogens (tertiary/aromatic N) is 3. The summed E-state index contributed by atoms with van der Waals surface area (Å²) in [6.45, 7) is 5.45. The molecule has 1 aromatic heterocycles. The van der Waals surface area contributed by atoms with E-state index in [1.54, 1.807) is 48.5 Å². The third kappa shape index (κ3) is 5.08. The molecule has 0 bridgehead atoms. The number of aromatic nitrogens is 2. The van der Waals surface area contributed by atoms with Crippen LogP contribution in [0.5, 0.6) is 0 Å². The molecule has 3 amide bonds. The lowest BCUT2D eigenvalue weighted by molar-refractivity contribution is -0.119. The number of imide groups is 1. The van der Waals surface area contributed by atoms with Crippen molar-refractivity contribution in [1.29, 1.82) is 0 Å². The van der Waals surface area contributed by atoms with E-state index in [9.17, 15) is 14.4 Å². The molecule has 0 radical (unpaired) electrons. The number of amides is 3. The summed E-state index contributed by atoms with van der Waals surface area (Å²) in [6, 6.07) is 22.4. The van der Waals surface area contributed by atoms with Gasteiger partial charge >= 0.3 is 0 Å². The van der Waals surface area contributed by atoms with Crippen molar-refractivity contribution in [2.24, 2.45) is 0 Å². The molecule has 5 rings (SSSR count).